The van der Waals surface area contributed by atoms with Crippen molar-refractivity contribution in [2.24, 2.45) is 5.92 Å². The fourth-order valence-electron chi connectivity index (χ4n) is 3.62. The number of aryl methyl sites for hydroxylation is 1. The molecule has 23 heavy (non-hydrogen) atoms. The van der Waals surface area contributed by atoms with Crippen molar-refractivity contribution in [2.45, 2.75) is 57.7 Å². The highest BCUT2D eigenvalue weighted by atomic mass is 32.2. The first-order valence-corrected chi connectivity index (χ1v) is 9.52. The zero-order valence-electron chi connectivity index (χ0n) is 14.2. The van der Waals surface area contributed by atoms with Gasteiger partial charge in [-0.15, -0.1) is 0 Å². The van der Waals surface area contributed by atoms with Crippen molar-refractivity contribution in [3.05, 3.63) is 21.6 Å². The number of hydrogen-bond acceptors (Lipinski definition) is 4. The van der Waals surface area contributed by atoms with Gasteiger partial charge < -0.3 is 4.90 Å². The van der Waals surface area contributed by atoms with Gasteiger partial charge >= 0.3 is 0 Å². The quantitative estimate of drug-likeness (QED) is 0.796. The van der Waals surface area contributed by atoms with Crippen LogP contribution in [0, 0.1) is 12.8 Å². The summed E-state index contributed by atoms with van der Waals surface area (Å²) in [5, 5.41) is 0.773. The Morgan fingerprint density at radius 3 is 2.91 bits per heavy atom. The van der Waals surface area contributed by atoms with Crippen LogP contribution in [0.2, 0.25) is 0 Å². The lowest BCUT2D eigenvalue weighted by molar-refractivity contribution is -0.133. The third kappa shape index (κ3) is 3.18. The average molecular weight is 335 g/mol. The first-order chi connectivity index (χ1) is 11.0. The van der Waals surface area contributed by atoms with Gasteiger partial charge in [0.15, 0.2) is 5.16 Å². The van der Waals surface area contributed by atoms with Crippen LogP contribution in [0.1, 0.15) is 50.4 Å². The molecule has 2 atom stereocenters. The van der Waals surface area contributed by atoms with Gasteiger partial charge in [0.25, 0.3) is 5.56 Å². The average Bonchev–Trinajstić information content (AvgIpc) is 2.90. The van der Waals surface area contributed by atoms with E-state index in [1.165, 1.54) is 6.42 Å². The molecule has 0 aliphatic carbocycles. The van der Waals surface area contributed by atoms with Gasteiger partial charge in [0.1, 0.15) is 0 Å². The number of piperidine rings is 1. The monoisotopic (exact) mass is 335 g/mol. The van der Waals surface area contributed by atoms with Crippen LogP contribution in [0.25, 0.3) is 0 Å². The lowest BCUT2D eigenvalue weighted by Gasteiger charge is -2.31. The van der Waals surface area contributed by atoms with Gasteiger partial charge in [-0.05, 0) is 32.1 Å². The molecule has 0 aromatic carbocycles. The van der Waals surface area contributed by atoms with Crippen molar-refractivity contribution < 1.29 is 4.79 Å². The van der Waals surface area contributed by atoms with Gasteiger partial charge in [-0.1, -0.05) is 25.6 Å². The summed E-state index contributed by atoms with van der Waals surface area (Å²) in [4.78, 5) is 31.9. The van der Waals surface area contributed by atoms with E-state index in [1.54, 1.807) is 16.3 Å². The van der Waals surface area contributed by atoms with Crippen LogP contribution in [-0.4, -0.2) is 39.2 Å². The molecule has 1 saturated heterocycles. The molecular formula is C17H25N3O2S. The predicted molar refractivity (Wildman–Crippen MR) is 92.0 cm³/mol. The van der Waals surface area contributed by atoms with Crippen LogP contribution >= 0.6 is 11.8 Å². The molecule has 1 fully saturated rings. The maximum absolute atomic E-state index is 12.7. The van der Waals surface area contributed by atoms with Crippen molar-refractivity contribution in [2.75, 3.05) is 18.8 Å². The van der Waals surface area contributed by atoms with E-state index >= 15 is 0 Å². The lowest BCUT2D eigenvalue weighted by Crippen LogP contribution is -2.40. The number of likely N-dealkylation sites (tertiary alicyclic amines) is 1. The van der Waals surface area contributed by atoms with Crippen LogP contribution in [-0.2, 0) is 11.2 Å². The second-order valence-electron chi connectivity index (χ2n) is 6.74. The smallest absolute Gasteiger partial charge is 0.257 e. The number of carbonyl (C=O) groups excluding carboxylic acids is 1. The number of rotatable bonds is 3. The number of hydrogen-bond donors (Lipinski definition) is 0. The molecule has 3 heterocycles. The van der Waals surface area contributed by atoms with Crippen LogP contribution in [0.15, 0.2) is 9.95 Å². The number of nitrogens with zero attached hydrogens (tertiary/aromatic N) is 3. The van der Waals surface area contributed by atoms with E-state index in [-0.39, 0.29) is 17.5 Å². The molecule has 0 N–H and O–H groups in total. The third-order valence-electron chi connectivity index (χ3n) is 4.93. The highest BCUT2D eigenvalue weighted by Gasteiger charge is 2.31. The third-order valence-corrected chi connectivity index (χ3v) is 6.02. The summed E-state index contributed by atoms with van der Waals surface area (Å²) in [6.45, 7) is 7.79. The summed E-state index contributed by atoms with van der Waals surface area (Å²) in [6.07, 6.45) is 3.39. The Bertz CT molecular complexity index is 671. The molecule has 3 rings (SSSR count). The molecule has 2 aliphatic rings. The zero-order valence-corrected chi connectivity index (χ0v) is 15.0. The predicted octanol–water partition coefficient (Wildman–Crippen LogP) is 2.41. The molecule has 1 aromatic rings. The van der Waals surface area contributed by atoms with Crippen molar-refractivity contribution in [1.82, 2.24) is 14.5 Å². The summed E-state index contributed by atoms with van der Waals surface area (Å²) in [5.74, 6) is 1.53. The van der Waals surface area contributed by atoms with E-state index in [0.717, 1.165) is 41.7 Å². The minimum atomic E-state index is -0.0503. The number of aromatic nitrogens is 2. The van der Waals surface area contributed by atoms with E-state index in [4.69, 9.17) is 0 Å². The van der Waals surface area contributed by atoms with Gasteiger partial charge in [0.2, 0.25) is 5.91 Å². The number of amides is 1. The summed E-state index contributed by atoms with van der Waals surface area (Å²) < 4.78 is 1.77. The minimum absolute atomic E-state index is 0.0461. The van der Waals surface area contributed by atoms with Gasteiger partial charge in [-0.25, -0.2) is 4.98 Å². The summed E-state index contributed by atoms with van der Waals surface area (Å²) >= 11 is 1.59. The standard InChI is InChI=1S/C17H25N3O2S/c1-4-14-12(3)18-17-20(16(14)22)13(10-23-17)8-15(21)19-7-5-6-11(2)9-19/h11,13H,4-10H2,1-3H3. The van der Waals surface area contributed by atoms with Gasteiger partial charge in [-0.3, -0.25) is 14.2 Å². The second-order valence-corrected chi connectivity index (χ2v) is 7.73. The molecule has 2 aliphatic heterocycles. The molecule has 1 amide bonds. The minimum Gasteiger partial charge on any atom is -0.342 e. The maximum atomic E-state index is 12.7. The number of thioether (sulfide) groups is 1. The van der Waals surface area contributed by atoms with Crippen LogP contribution in [0.3, 0.4) is 0 Å². The first-order valence-electron chi connectivity index (χ1n) is 8.53. The van der Waals surface area contributed by atoms with Crippen molar-refractivity contribution in [3.63, 3.8) is 0 Å². The molecular weight excluding hydrogens is 310 g/mol. The Balaban J connectivity index is 1.80. The van der Waals surface area contributed by atoms with Gasteiger partial charge in [0.05, 0.1) is 6.04 Å². The van der Waals surface area contributed by atoms with E-state index < -0.39 is 0 Å². The lowest BCUT2D eigenvalue weighted by atomic mass is 9.99. The van der Waals surface area contributed by atoms with Crippen LogP contribution < -0.4 is 5.56 Å². The molecule has 2 unspecified atom stereocenters. The molecule has 5 nitrogen and oxygen atoms in total. The fraction of sp³-hybridized carbons (Fsp3) is 0.706. The first kappa shape index (κ1) is 16.6. The highest BCUT2D eigenvalue weighted by Crippen LogP contribution is 2.33. The molecule has 0 spiro atoms. The summed E-state index contributed by atoms with van der Waals surface area (Å²) in [7, 11) is 0. The Morgan fingerprint density at radius 2 is 2.22 bits per heavy atom. The second kappa shape index (κ2) is 6.67. The van der Waals surface area contributed by atoms with Crippen molar-refractivity contribution in [3.8, 4) is 0 Å². The summed E-state index contributed by atoms with van der Waals surface area (Å²) in [6, 6.07) is -0.0503. The molecule has 0 radical (unpaired) electrons. The Kier molecular flexibility index (Phi) is 4.80. The molecule has 126 valence electrons. The molecule has 6 heteroatoms. The highest BCUT2D eigenvalue weighted by molar-refractivity contribution is 7.99. The topological polar surface area (TPSA) is 55.2 Å². The largest absolute Gasteiger partial charge is 0.342 e. The fourth-order valence-corrected chi connectivity index (χ4v) is 4.81. The van der Waals surface area contributed by atoms with Crippen molar-refractivity contribution in [1.29, 1.82) is 0 Å². The Labute approximate surface area is 141 Å². The van der Waals surface area contributed by atoms with E-state index in [1.807, 2.05) is 18.7 Å². The van der Waals surface area contributed by atoms with Gasteiger partial charge in [-0.2, -0.15) is 0 Å². The Hall–Kier alpha value is -1.30. The number of fused-ring (bicyclic) bond motifs is 1. The summed E-state index contributed by atoms with van der Waals surface area (Å²) in [5.41, 5.74) is 1.65. The maximum Gasteiger partial charge on any atom is 0.257 e. The zero-order chi connectivity index (χ0) is 16.6. The van der Waals surface area contributed by atoms with Gasteiger partial charge in [0, 0.05) is 36.5 Å². The Morgan fingerprint density at radius 1 is 1.43 bits per heavy atom. The van der Waals surface area contributed by atoms with E-state index in [0.29, 0.717) is 18.8 Å². The van der Waals surface area contributed by atoms with E-state index in [9.17, 15) is 9.59 Å². The molecule has 0 saturated carbocycles. The SMILES string of the molecule is CCc1c(C)nc2n(c1=O)C(CC(=O)N1CCCC(C)C1)CS2. The molecule has 0 bridgehead atoms. The van der Waals surface area contributed by atoms with E-state index in [2.05, 4.69) is 11.9 Å². The van der Waals surface area contributed by atoms with Crippen molar-refractivity contribution >= 4 is 17.7 Å². The van der Waals surface area contributed by atoms with Crippen LogP contribution in [0.4, 0.5) is 0 Å². The van der Waals surface area contributed by atoms with Crippen LogP contribution in [0.5, 0.6) is 0 Å². The molecule has 1 aromatic heterocycles. The normalized spacial score (nSPS) is 23.9. The number of carbonyl (C=O) groups is 1.